The third-order valence-electron chi connectivity index (χ3n) is 3.95. The molecule has 0 spiro atoms. The van der Waals surface area contributed by atoms with Gasteiger partial charge in [-0.05, 0) is 32.3 Å². The van der Waals surface area contributed by atoms with Crippen molar-refractivity contribution >= 4 is 28.9 Å². The Bertz CT molecular complexity index is 694. The molecule has 0 bridgehead atoms. The molecule has 112 valence electrons. The molecule has 0 atom stereocenters. The molecule has 1 aliphatic rings. The SMILES string of the molecule is COc1ccc2nc(SCC(=O)O)n(C3(C)CCC3)c2n1. The molecule has 1 fully saturated rings. The number of nitrogens with zero attached hydrogens (tertiary/aromatic N) is 3. The van der Waals surface area contributed by atoms with Crippen LogP contribution in [-0.2, 0) is 10.3 Å². The van der Waals surface area contributed by atoms with E-state index in [1.165, 1.54) is 18.2 Å². The summed E-state index contributed by atoms with van der Waals surface area (Å²) in [4.78, 5) is 19.9. The molecular weight excluding hydrogens is 290 g/mol. The summed E-state index contributed by atoms with van der Waals surface area (Å²) in [5.74, 6) is -0.305. The van der Waals surface area contributed by atoms with E-state index in [0.717, 1.165) is 29.2 Å². The quantitative estimate of drug-likeness (QED) is 0.855. The van der Waals surface area contributed by atoms with Crippen LogP contribution >= 0.6 is 11.8 Å². The summed E-state index contributed by atoms with van der Waals surface area (Å²) < 4.78 is 7.28. The summed E-state index contributed by atoms with van der Waals surface area (Å²) >= 11 is 1.24. The molecule has 0 aliphatic heterocycles. The molecule has 0 amide bonds. The van der Waals surface area contributed by atoms with Crippen LogP contribution in [0.2, 0.25) is 0 Å². The largest absolute Gasteiger partial charge is 0.481 e. The van der Waals surface area contributed by atoms with Crippen molar-refractivity contribution in [2.75, 3.05) is 12.9 Å². The maximum Gasteiger partial charge on any atom is 0.313 e. The first-order valence-electron chi connectivity index (χ1n) is 6.82. The van der Waals surface area contributed by atoms with Crippen LogP contribution in [0.25, 0.3) is 11.2 Å². The van der Waals surface area contributed by atoms with Crippen LogP contribution in [0.4, 0.5) is 0 Å². The molecule has 0 unspecified atom stereocenters. The van der Waals surface area contributed by atoms with Crippen LogP contribution in [-0.4, -0.2) is 38.5 Å². The zero-order valence-electron chi connectivity index (χ0n) is 12.0. The summed E-state index contributed by atoms with van der Waals surface area (Å²) in [6, 6.07) is 3.64. The highest BCUT2D eigenvalue weighted by Gasteiger charge is 2.37. The first-order chi connectivity index (χ1) is 10.0. The van der Waals surface area contributed by atoms with E-state index in [1.807, 2.05) is 6.07 Å². The number of thioether (sulfide) groups is 1. The highest BCUT2D eigenvalue weighted by molar-refractivity contribution is 7.99. The van der Waals surface area contributed by atoms with Crippen LogP contribution in [0.15, 0.2) is 17.3 Å². The molecule has 1 saturated carbocycles. The van der Waals surface area contributed by atoms with Crippen LogP contribution < -0.4 is 4.74 Å². The van der Waals surface area contributed by atoms with Crippen LogP contribution in [0.5, 0.6) is 5.88 Å². The van der Waals surface area contributed by atoms with Crippen LogP contribution in [0, 0.1) is 0 Å². The Hall–Kier alpha value is -1.76. The monoisotopic (exact) mass is 307 g/mol. The minimum Gasteiger partial charge on any atom is -0.481 e. The molecule has 21 heavy (non-hydrogen) atoms. The number of aliphatic carboxylic acids is 1. The predicted octanol–water partition coefficient (Wildman–Crippen LogP) is 2.52. The summed E-state index contributed by atoms with van der Waals surface area (Å²) in [7, 11) is 1.58. The van der Waals surface area contributed by atoms with Gasteiger partial charge in [-0.1, -0.05) is 11.8 Å². The Morgan fingerprint density at radius 2 is 2.24 bits per heavy atom. The smallest absolute Gasteiger partial charge is 0.313 e. The predicted molar refractivity (Wildman–Crippen MR) is 79.9 cm³/mol. The van der Waals surface area contributed by atoms with Crippen LogP contribution in [0.3, 0.4) is 0 Å². The number of hydrogen-bond acceptors (Lipinski definition) is 5. The van der Waals surface area contributed by atoms with Gasteiger partial charge < -0.3 is 9.84 Å². The van der Waals surface area contributed by atoms with Crippen molar-refractivity contribution in [2.45, 2.75) is 36.9 Å². The number of carbonyl (C=O) groups is 1. The summed E-state index contributed by atoms with van der Waals surface area (Å²) in [5, 5.41) is 9.62. The number of aromatic nitrogens is 3. The number of pyridine rings is 1. The van der Waals surface area contributed by atoms with Gasteiger partial charge in [0.25, 0.3) is 0 Å². The lowest BCUT2D eigenvalue weighted by Crippen LogP contribution is -2.37. The van der Waals surface area contributed by atoms with Gasteiger partial charge >= 0.3 is 5.97 Å². The molecule has 1 aliphatic carbocycles. The first-order valence-corrected chi connectivity index (χ1v) is 7.81. The van der Waals surface area contributed by atoms with Gasteiger partial charge in [0.1, 0.15) is 5.52 Å². The van der Waals surface area contributed by atoms with Crippen molar-refractivity contribution < 1.29 is 14.6 Å². The van der Waals surface area contributed by atoms with E-state index in [4.69, 9.17) is 9.84 Å². The minimum atomic E-state index is -0.845. The maximum atomic E-state index is 10.8. The van der Waals surface area contributed by atoms with Gasteiger partial charge in [-0.15, -0.1) is 0 Å². The van der Waals surface area contributed by atoms with Crippen LogP contribution in [0.1, 0.15) is 26.2 Å². The molecule has 6 nitrogen and oxygen atoms in total. The lowest BCUT2D eigenvalue weighted by Gasteiger charge is -2.40. The first kappa shape index (κ1) is 14.2. The van der Waals surface area contributed by atoms with E-state index < -0.39 is 5.97 Å². The Morgan fingerprint density at radius 3 is 2.81 bits per heavy atom. The second kappa shape index (κ2) is 5.22. The fourth-order valence-corrected chi connectivity index (χ4v) is 3.51. The van der Waals surface area contributed by atoms with Crippen molar-refractivity contribution in [3.63, 3.8) is 0 Å². The number of carboxylic acids is 1. The highest BCUT2D eigenvalue weighted by Crippen LogP contribution is 2.43. The van der Waals surface area contributed by atoms with Gasteiger partial charge in [0, 0.05) is 11.6 Å². The van der Waals surface area contributed by atoms with Gasteiger partial charge in [0.2, 0.25) is 5.88 Å². The molecule has 0 aromatic carbocycles. The van der Waals surface area contributed by atoms with Crippen molar-refractivity contribution in [1.29, 1.82) is 0 Å². The van der Waals surface area contributed by atoms with Gasteiger partial charge in [0.05, 0.1) is 12.9 Å². The summed E-state index contributed by atoms with van der Waals surface area (Å²) in [6.07, 6.45) is 3.28. The van der Waals surface area contributed by atoms with E-state index in [1.54, 1.807) is 13.2 Å². The second-order valence-corrected chi connectivity index (χ2v) is 6.40. The average Bonchev–Trinajstić information content (AvgIpc) is 2.80. The second-order valence-electron chi connectivity index (χ2n) is 5.46. The number of methoxy groups -OCH3 is 1. The van der Waals surface area contributed by atoms with E-state index in [0.29, 0.717) is 5.88 Å². The number of fused-ring (bicyclic) bond motifs is 1. The van der Waals surface area contributed by atoms with Crippen molar-refractivity contribution in [1.82, 2.24) is 14.5 Å². The summed E-state index contributed by atoms with van der Waals surface area (Å²) in [6.45, 7) is 2.17. The standard InChI is InChI=1S/C14H17N3O3S/c1-14(6-3-7-14)17-12-9(4-5-10(16-12)20-2)15-13(17)21-8-11(18)19/h4-5H,3,6-8H2,1-2H3,(H,18,19). The number of hydrogen-bond donors (Lipinski definition) is 1. The Labute approximate surface area is 126 Å². The van der Waals surface area contributed by atoms with Gasteiger partial charge in [-0.25, -0.2) is 4.98 Å². The molecular formula is C14H17N3O3S. The molecule has 0 radical (unpaired) electrons. The fraction of sp³-hybridized carbons (Fsp3) is 0.500. The van der Waals surface area contributed by atoms with E-state index >= 15 is 0 Å². The maximum absolute atomic E-state index is 10.8. The third-order valence-corrected chi connectivity index (χ3v) is 4.88. The molecule has 0 saturated heterocycles. The van der Waals surface area contributed by atoms with Gasteiger partial charge in [-0.2, -0.15) is 4.98 Å². The van der Waals surface area contributed by atoms with Gasteiger partial charge in [-0.3, -0.25) is 9.36 Å². The van der Waals surface area contributed by atoms with E-state index in [2.05, 4.69) is 21.5 Å². The Kier molecular flexibility index (Phi) is 3.52. The van der Waals surface area contributed by atoms with Crippen molar-refractivity contribution in [2.24, 2.45) is 0 Å². The third kappa shape index (κ3) is 2.46. The van der Waals surface area contributed by atoms with Crippen molar-refractivity contribution in [3.8, 4) is 5.88 Å². The number of rotatable bonds is 5. The normalized spacial score (nSPS) is 16.7. The summed E-state index contributed by atoms with van der Waals surface area (Å²) in [5.41, 5.74) is 1.51. The molecule has 2 aromatic rings. The number of ether oxygens (including phenoxy) is 1. The highest BCUT2D eigenvalue weighted by atomic mass is 32.2. The Morgan fingerprint density at radius 1 is 1.48 bits per heavy atom. The lowest BCUT2D eigenvalue weighted by atomic mass is 9.78. The average molecular weight is 307 g/mol. The fourth-order valence-electron chi connectivity index (χ4n) is 2.65. The number of imidazole rings is 1. The molecule has 1 N–H and O–H groups in total. The minimum absolute atomic E-state index is 0.00344. The molecule has 2 aromatic heterocycles. The zero-order valence-corrected chi connectivity index (χ0v) is 12.8. The lowest BCUT2D eigenvalue weighted by molar-refractivity contribution is -0.133. The van der Waals surface area contributed by atoms with Crippen molar-refractivity contribution in [3.05, 3.63) is 12.1 Å². The zero-order chi connectivity index (χ0) is 15.0. The Balaban J connectivity index is 2.12. The molecule has 2 heterocycles. The molecule has 7 heteroatoms. The van der Waals surface area contributed by atoms with Gasteiger partial charge in [0.15, 0.2) is 10.8 Å². The van der Waals surface area contributed by atoms with E-state index in [9.17, 15) is 4.79 Å². The van der Waals surface area contributed by atoms with E-state index in [-0.39, 0.29) is 11.3 Å². The molecule has 3 rings (SSSR count). The topological polar surface area (TPSA) is 77.2 Å². The number of carboxylic acid groups (broad SMARTS) is 1.